The van der Waals surface area contributed by atoms with Crippen molar-refractivity contribution in [3.8, 4) is 0 Å². The van der Waals surface area contributed by atoms with Gasteiger partial charge in [0, 0.05) is 31.9 Å². The van der Waals surface area contributed by atoms with Crippen molar-refractivity contribution in [1.82, 2.24) is 25.2 Å². The van der Waals surface area contributed by atoms with Gasteiger partial charge in [-0.3, -0.25) is 14.4 Å². The zero-order valence-electron chi connectivity index (χ0n) is 13.9. The second kappa shape index (κ2) is 6.39. The number of rotatable bonds is 5. The Morgan fingerprint density at radius 1 is 1.38 bits per heavy atom. The number of piperidine rings is 1. The topological polar surface area (TPSA) is 76.2 Å². The molecule has 2 aromatic rings. The Labute approximate surface area is 141 Å². The Morgan fingerprint density at radius 3 is 2.92 bits per heavy atom. The first-order chi connectivity index (χ1) is 11.7. The van der Waals surface area contributed by atoms with E-state index in [0.29, 0.717) is 30.2 Å². The van der Waals surface area contributed by atoms with Crippen LogP contribution >= 0.6 is 0 Å². The molecule has 0 unspecified atom stereocenters. The molecule has 4 rings (SSSR count). The van der Waals surface area contributed by atoms with Gasteiger partial charge in [0.1, 0.15) is 6.26 Å². The van der Waals surface area contributed by atoms with E-state index in [9.17, 15) is 4.79 Å². The van der Waals surface area contributed by atoms with E-state index in [1.165, 1.54) is 31.2 Å². The van der Waals surface area contributed by atoms with Crippen LogP contribution in [0, 0.1) is 5.92 Å². The molecule has 0 radical (unpaired) electrons. The van der Waals surface area contributed by atoms with E-state index < -0.39 is 0 Å². The Kier molecular flexibility index (Phi) is 4.10. The van der Waals surface area contributed by atoms with Crippen LogP contribution in [0.1, 0.15) is 47.9 Å². The standard InChI is InChI=1S/C17H23N5O2/c1-21-15(6-8-19-21)16-12(3-2-9-22(16)13-4-5-13)11-18-17(23)14-7-10-24-20-14/h6-8,10,12-13,16H,2-5,9,11H2,1H3,(H,18,23)/t12-,16+/m0/s1. The molecule has 1 aliphatic carbocycles. The van der Waals surface area contributed by atoms with Gasteiger partial charge in [0.2, 0.25) is 0 Å². The van der Waals surface area contributed by atoms with E-state index in [-0.39, 0.29) is 5.91 Å². The largest absolute Gasteiger partial charge is 0.364 e. The van der Waals surface area contributed by atoms with Crippen molar-refractivity contribution in [3.63, 3.8) is 0 Å². The summed E-state index contributed by atoms with van der Waals surface area (Å²) < 4.78 is 6.72. The van der Waals surface area contributed by atoms with E-state index in [0.717, 1.165) is 13.0 Å². The fourth-order valence-corrected chi connectivity index (χ4v) is 3.86. The number of nitrogens with one attached hydrogen (secondary N) is 1. The minimum Gasteiger partial charge on any atom is -0.364 e. The Bertz CT molecular complexity index is 692. The quantitative estimate of drug-likeness (QED) is 0.904. The van der Waals surface area contributed by atoms with Crippen LogP contribution in [0.25, 0.3) is 0 Å². The predicted octanol–water partition coefficient (Wildman–Crippen LogP) is 1.75. The summed E-state index contributed by atoms with van der Waals surface area (Å²) in [5, 5.41) is 11.1. The third kappa shape index (κ3) is 2.96. The first-order valence-electron chi connectivity index (χ1n) is 8.66. The molecule has 1 amide bonds. The Hall–Kier alpha value is -2.15. The molecule has 7 heteroatoms. The highest BCUT2D eigenvalue weighted by Crippen LogP contribution is 2.42. The summed E-state index contributed by atoms with van der Waals surface area (Å²) in [6.07, 6.45) is 8.13. The average Bonchev–Trinajstić information content (AvgIpc) is 3.12. The third-order valence-corrected chi connectivity index (χ3v) is 5.17. The van der Waals surface area contributed by atoms with Gasteiger partial charge >= 0.3 is 0 Å². The molecule has 7 nitrogen and oxygen atoms in total. The SMILES string of the molecule is Cn1nccc1[C@H]1[C@H](CNC(=O)c2ccon2)CCCN1C1CC1. The second-order valence-corrected chi connectivity index (χ2v) is 6.79. The second-order valence-electron chi connectivity index (χ2n) is 6.79. The zero-order valence-corrected chi connectivity index (χ0v) is 13.9. The lowest BCUT2D eigenvalue weighted by Crippen LogP contribution is -2.45. The molecule has 2 atom stereocenters. The van der Waals surface area contributed by atoms with Gasteiger partial charge in [-0.1, -0.05) is 5.16 Å². The highest BCUT2D eigenvalue weighted by atomic mass is 16.5. The molecule has 0 bridgehead atoms. The molecule has 1 saturated heterocycles. The maximum absolute atomic E-state index is 12.2. The Balaban J connectivity index is 1.51. The van der Waals surface area contributed by atoms with E-state index >= 15 is 0 Å². The van der Waals surface area contributed by atoms with Gasteiger partial charge in [-0.05, 0) is 44.2 Å². The lowest BCUT2D eigenvalue weighted by Gasteiger charge is -2.41. The molecule has 1 N–H and O–H groups in total. The van der Waals surface area contributed by atoms with Crippen LogP contribution in [0.5, 0.6) is 0 Å². The van der Waals surface area contributed by atoms with Crippen LogP contribution in [-0.4, -0.2) is 44.9 Å². The van der Waals surface area contributed by atoms with Crippen LogP contribution in [0.15, 0.2) is 29.1 Å². The number of carbonyl (C=O) groups is 1. The van der Waals surface area contributed by atoms with Crippen molar-refractivity contribution < 1.29 is 9.32 Å². The molecule has 24 heavy (non-hydrogen) atoms. The van der Waals surface area contributed by atoms with Gasteiger partial charge in [-0.2, -0.15) is 5.10 Å². The number of carbonyl (C=O) groups excluding carboxylic acids is 1. The summed E-state index contributed by atoms with van der Waals surface area (Å²) in [6.45, 7) is 1.78. The average molecular weight is 329 g/mol. The summed E-state index contributed by atoms with van der Waals surface area (Å²) in [4.78, 5) is 14.8. The summed E-state index contributed by atoms with van der Waals surface area (Å²) in [7, 11) is 2.00. The van der Waals surface area contributed by atoms with Crippen LogP contribution in [0.3, 0.4) is 0 Å². The molecule has 3 heterocycles. The molecule has 0 spiro atoms. The molecule has 2 fully saturated rings. The van der Waals surface area contributed by atoms with Crippen molar-refractivity contribution in [3.05, 3.63) is 36.0 Å². The lowest BCUT2D eigenvalue weighted by atomic mass is 9.86. The molecule has 128 valence electrons. The fraction of sp³-hybridized carbons (Fsp3) is 0.588. The van der Waals surface area contributed by atoms with Crippen LogP contribution < -0.4 is 5.32 Å². The van der Waals surface area contributed by atoms with E-state index in [1.807, 2.05) is 17.9 Å². The number of hydrogen-bond donors (Lipinski definition) is 1. The monoisotopic (exact) mass is 329 g/mol. The van der Waals surface area contributed by atoms with Gasteiger partial charge in [0.15, 0.2) is 5.69 Å². The normalized spacial score (nSPS) is 24.9. The molecule has 1 saturated carbocycles. The summed E-state index contributed by atoms with van der Waals surface area (Å²) in [5.74, 6) is 0.210. The lowest BCUT2D eigenvalue weighted by molar-refractivity contribution is 0.0724. The zero-order chi connectivity index (χ0) is 16.5. The van der Waals surface area contributed by atoms with E-state index in [2.05, 4.69) is 26.5 Å². The van der Waals surface area contributed by atoms with Crippen molar-refractivity contribution in [2.75, 3.05) is 13.1 Å². The predicted molar refractivity (Wildman–Crippen MR) is 87.2 cm³/mol. The van der Waals surface area contributed by atoms with Gasteiger partial charge in [-0.15, -0.1) is 0 Å². The van der Waals surface area contributed by atoms with Crippen molar-refractivity contribution in [2.45, 2.75) is 37.8 Å². The summed E-state index contributed by atoms with van der Waals surface area (Å²) in [5.41, 5.74) is 1.57. The molecule has 2 aromatic heterocycles. The van der Waals surface area contributed by atoms with Crippen LogP contribution in [0.2, 0.25) is 0 Å². The van der Waals surface area contributed by atoms with Crippen molar-refractivity contribution in [2.24, 2.45) is 13.0 Å². The number of aromatic nitrogens is 3. The molecular weight excluding hydrogens is 306 g/mol. The smallest absolute Gasteiger partial charge is 0.273 e. The minimum absolute atomic E-state index is 0.170. The highest BCUT2D eigenvalue weighted by molar-refractivity contribution is 5.91. The number of nitrogens with zero attached hydrogens (tertiary/aromatic N) is 4. The third-order valence-electron chi connectivity index (χ3n) is 5.17. The maximum atomic E-state index is 12.2. The number of hydrogen-bond acceptors (Lipinski definition) is 5. The van der Waals surface area contributed by atoms with Crippen LogP contribution in [-0.2, 0) is 7.05 Å². The summed E-state index contributed by atoms with van der Waals surface area (Å²) >= 11 is 0. The Morgan fingerprint density at radius 2 is 2.25 bits per heavy atom. The van der Waals surface area contributed by atoms with Gasteiger partial charge in [-0.25, -0.2) is 0 Å². The highest BCUT2D eigenvalue weighted by Gasteiger charge is 2.41. The molecular formula is C17H23N5O2. The van der Waals surface area contributed by atoms with Gasteiger partial charge < -0.3 is 9.84 Å². The number of likely N-dealkylation sites (tertiary alicyclic amines) is 1. The van der Waals surface area contributed by atoms with E-state index in [4.69, 9.17) is 4.52 Å². The molecule has 1 aliphatic heterocycles. The van der Waals surface area contributed by atoms with Crippen molar-refractivity contribution in [1.29, 1.82) is 0 Å². The van der Waals surface area contributed by atoms with Crippen LogP contribution in [0.4, 0.5) is 0 Å². The first-order valence-corrected chi connectivity index (χ1v) is 8.66. The first kappa shape index (κ1) is 15.4. The summed E-state index contributed by atoms with van der Waals surface area (Å²) in [6, 6.07) is 4.71. The maximum Gasteiger partial charge on any atom is 0.273 e. The van der Waals surface area contributed by atoms with E-state index in [1.54, 1.807) is 6.07 Å². The van der Waals surface area contributed by atoms with Gasteiger partial charge in [0.25, 0.3) is 5.91 Å². The fourth-order valence-electron chi connectivity index (χ4n) is 3.86. The van der Waals surface area contributed by atoms with Crippen molar-refractivity contribution >= 4 is 5.91 Å². The van der Waals surface area contributed by atoms with Gasteiger partial charge in [0.05, 0.1) is 11.7 Å². The minimum atomic E-state index is -0.170. The molecule has 0 aromatic carbocycles. The number of amides is 1. The number of aryl methyl sites for hydroxylation is 1. The molecule has 2 aliphatic rings.